The van der Waals surface area contributed by atoms with E-state index in [9.17, 15) is 9.59 Å². The van der Waals surface area contributed by atoms with Crippen LogP contribution in [0.3, 0.4) is 0 Å². The third-order valence-corrected chi connectivity index (χ3v) is 4.04. The van der Waals surface area contributed by atoms with Gasteiger partial charge in [-0.1, -0.05) is 26.0 Å². The van der Waals surface area contributed by atoms with Gasteiger partial charge in [0.1, 0.15) is 5.75 Å². The number of carbonyl (C=O) groups is 2. The average Bonchev–Trinajstić information content (AvgIpc) is 2.66. The molecule has 0 unspecified atom stereocenters. The second kappa shape index (κ2) is 10.4. The molecule has 0 aromatic heterocycles. The summed E-state index contributed by atoms with van der Waals surface area (Å²) in [5.41, 5.74) is 2.39. The summed E-state index contributed by atoms with van der Waals surface area (Å²) in [6.45, 7) is 6.88. The first kappa shape index (κ1) is 20.5. The molecular weight excluding hydrogens is 342 g/mol. The Morgan fingerprint density at radius 3 is 2.26 bits per heavy atom. The van der Waals surface area contributed by atoms with Gasteiger partial charge < -0.3 is 14.8 Å². The second-order valence-electron chi connectivity index (χ2n) is 6.52. The quantitative estimate of drug-likeness (QED) is 0.510. The van der Waals surface area contributed by atoms with Gasteiger partial charge in [-0.2, -0.15) is 0 Å². The zero-order chi connectivity index (χ0) is 19.6. The van der Waals surface area contributed by atoms with Crippen LogP contribution in [0.2, 0.25) is 0 Å². The van der Waals surface area contributed by atoms with Gasteiger partial charge >= 0.3 is 5.97 Å². The molecule has 0 saturated heterocycles. The van der Waals surface area contributed by atoms with Gasteiger partial charge in [0.25, 0.3) is 0 Å². The van der Waals surface area contributed by atoms with Crippen molar-refractivity contribution in [3.8, 4) is 5.75 Å². The molecule has 0 atom stereocenters. The molecule has 0 saturated carbocycles. The number of hydrogen-bond acceptors (Lipinski definition) is 4. The molecule has 0 aliphatic heterocycles. The van der Waals surface area contributed by atoms with Gasteiger partial charge in [0.15, 0.2) is 0 Å². The van der Waals surface area contributed by atoms with Crippen molar-refractivity contribution in [3.63, 3.8) is 0 Å². The van der Waals surface area contributed by atoms with E-state index in [-0.39, 0.29) is 11.9 Å². The molecule has 2 aromatic carbocycles. The molecule has 2 rings (SSSR count). The molecule has 144 valence electrons. The van der Waals surface area contributed by atoms with Gasteiger partial charge in [0.2, 0.25) is 5.91 Å². The summed E-state index contributed by atoms with van der Waals surface area (Å²) >= 11 is 0. The van der Waals surface area contributed by atoms with E-state index in [0.717, 1.165) is 5.75 Å². The molecule has 0 bridgehead atoms. The number of hydrogen-bond donors (Lipinski definition) is 1. The van der Waals surface area contributed by atoms with E-state index in [2.05, 4.69) is 31.3 Å². The molecule has 27 heavy (non-hydrogen) atoms. The molecule has 0 aliphatic rings. The Hall–Kier alpha value is -2.82. The number of ether oxygens (including phenoxy) is 2. The fraction of sp³-hybridized carbons (Fsp3) is 0.364. The van der Waals surface area contributed by atoms with Gasteiger partial charge in [-0.15, -0.1) is 0 Å². The summed E-state index contributed by atoms with van der Waals surface area (Å²) in [7, 11) is 0. The van der Waals surface area contributed by atoms with E-state index >= 15 is 0 Å². The second-order valence-corrected chi connectivity index (χ2v) is 6.52. The van der Waals surface area contributed by atoms with Crippen molar-refractivity contribution in [3.05, 3.63) is 59.7 Å². The minimum atomic E-state index is -0.367. The first-order valence-corrected chi connectivity index (χ1v) is 9.29. The van der Waals surface area contributed by atoms with Gasteiger partial charge in [-0.3, -0.25) is 4.79 Å². The number of benzene rings is 2. The topological polar surface area (TPSA) is 64.6 Å². The molecule has 0 aliphatic carbocycles. The number of nitrogens with one attached hydrogen (secondary N) is 1. The van der Waals surface area contributed by atoms with Crippen molar-refractivity contribution in [2.75, 3.05) is 18.5 Å². The summed E-state index contributed by atoms with van der Waals surface area (Å²) in [6.07, 6.45) is 0.988. The van der Waals surface area contributed by atoms with Crippen LogP contribution in [0, 0.1) is 0 Å². The van der Waals surface area contributed by atoms with Crippen LogP contribution in [0.1, 0.15) is 55.5 Å². The maximum Gasteiger partial charge on any atom is 0.338 e. The zero-order valence-electron chi connectivity index (χ0n) is 16.2. The molecule has 1 N–H and O–H groups in total. The largest absolute Gasteiger partial charge is 0.494 e. The lowest BCUT2D eigenvalue weighted by Crippen LogP contribution is -2.13. The SMILES string of the molecule is CCOC(=O)c1ccc(NC(=O)CCCOc2ccc(C(C)C)cc2)cc1. The van der Waals surface area contributed by atoms with Crippen LogP contribution in [0.25, 0.3) is 0 Å². The van der Waals surface area contributed by atoms with Crippen molar-refractivity contribution in [1.82, 2.24) is 0 Å². The highest BCUT2D eigenvalue weighted by atomic mass is 16.5. The molecule has 0 fully saturated rings. The highest BCUT2D eigenvalue weighted by Gasteiger charge is 2.07. The third-order valence-electron chi connectivity index (χ3n) is 4.04. The number of carbonyl (C=O) groups excluding carboxylic acids is 2. The van der Waals surface area contributed by atoms with Crippen molar-refractivity contribution in [2.45, 2.75) is 39.5 Å². The number of rotatable bonds is 9. The Bertz CT molecular complexity index is 736. The summed E-state index contributed by atoms with van der Waals surface area (Å²) in [4.78, 5) is 23.6. The number of anilines is 1. The fourth-order valence-electron chi connectivity index (χ4n) is 2.50. The van der Waals surface area contributed by atoms with Crippen molar-refractivity contribution >= 4 is 17.6 Å². The lowest BCUT2D eigenvalue weighted by Gasteiger charge is -2.09. The molecule has 2 aromatic rings. The van der Waals surface area contributed by atoms with E-state index in [1.54, 1.807) is 31.2 Å². The van der Waals surface area contributed by atoms with E-state index in [1.165, 1.54) is 5.56 Å². The van der Waals surface area contributed by atoms with Crippen molar-refractivity contribution < 1.29 is 19.1 Å². The Kier molecular flexibility index (Phi) is 7.86. The molecular formula is C22H27NO4. The maximum atomic E-state index is 12.0. The van der Waals surface area contributed by atoms with Gasteiger partial charge in [0.05, 0.1) is 18.8 Å². The minimum absolute atomic E-state index is 0.0855. The van der Waals surface area contributed by atoms with E-state index in [0.29, 0.717) is 43.2 Å². The first-order chi connectivity index (χ1) is 13.0. The molecule has 1 amide bonds. The monoisotopic (exact) mass is 369 g/mol. The smallest absolute Gasteiger partial charge is 0.338 e. The van der Waals surface area contributed by atoms with E-state index in [1.807, 2.05) is 12.1 Å². The Morgan fingerprint density at radius 2 is 1.67 bits per heavy atom. The lowest BCUT2D eigenvalue weighted by molar-refractivity contribution is -0.116. The third kappa shape index (κ3) is 6.77. The van der Waals surface area contributed by atoms with Crippen molar-refractivity contribution in [1.29, 1.82) is 0 Å². The molecule has 0 radical (unpaired) electrons. The normalized spacial score (nSPS) is 10.5. The molecule has 0 spiro atoms. The minimum Gasteiger partial charge on any atom is -0.494 e. The van der Waals surface area contributed by atoms with Crippen LogP contribution in [0.15, 0.2) is 48.5 Å². The Labute approximate surface area is 160 Å². The van der Waals surface area contributed by atoms with Crippen LogP contribution in [0.4, 0.5) is 5.69 Å². The van der Waals surface area contributed by atoms with E-state index < -0.39 is 0 Å². The zero-order valence-corrected chi connectivity index (χ0v) is 16.2. The van der Waals surface area contributed by atoms with Crippen LogP contribution in [0.5, 0.6) is 5.75 Å². The van der Waals surface area contributed by atoms with Gasteiger partial charge in [-0.25, -0.2) is 4.79 Å². The van der Waals surface area contributed by atoms with Crippen LogP contribution in [-0.4, -0.2) is 25.1 Å². The predicted molar refractivity (Wildman–Crippen MR) is 106 cm³/mol. The summed E-state index contributed by atoms with van der Waals surface area (Å²) < 4.78 is 10.6. The lowest BCUT2D eigenvalue weighted by atomic mass is 10.0. The average molecular weight is 369 g/mol. The first-order valence-electron chi connectivity index (χ1n) is 9.29. The molecule has 5 nitrogen and oxygen atoms in total. The Morgan fingerprint density at radius 1 is 1.00 bits per heavy atom. The molecule has 5 heteroatoms. The fourth-order valence-corrected chi connectivity index (χ4v) is 2.50. The van der Waals surface area contributed by atoms with Crippen LogP contribution >= 0.6 is 0 Å². The Balaban J connectivity index is 1.70. The van der Waals surface area contributed by atoms with Crippen LogP contribution < -0.4 is 10.1 Å². The highest BCUT2D eigenvalue weighted by Crippen LogP contribution is 2.18. The molecule has 0 heterocycles. The standard InChI is InChI=1S/C22H27NO4/c1-4-26-22(25)18-7-11-19(12-8-18)23-21(24)6-5-15-27-20-13-9-17(10-14-20)16(2)3/h7-14,16H,4-6,15H2,1-3H3,(H,23,24). The van der Waals surface area contributed by atoms with E-state index in [4.69, 9.17) is 9.47 Å². The van der Waals surface area contributed by atoms with Gasteiger partial charge in [0, 0.05) is 12.1 Å². The summed E-state index contributed by atoms with van der Waals surface area (Å²) in [6, 6.07) is 14.7. The van der Waals surface area contributed by atoms with Crippen LogP contribution in [-0.2, 0) is 9.53 Å². The number of esters is 1. The number of amides is 1. The maximum absolute atomic E-state index is 12.0. The predicted octanol–water partition coefficient (Wildman–Crippen LogP) is 4.78. The van der Waals surface area contributed by atoms with Crippen molar-refractivity contribution in [2.24, 2.45) is 0 Å². The summed E-state index contributed by atoms with van der Waals surface area (Å²) in [5, 5.41) is 2.81. The highest BCUT2D eigenvalue weighted by molar-refractivity contribution is 5.93. The summed E-state index contributed by atoms with van der Waals surface area (Å²) in [5.74, 6) is 0.857. The van der Waals surface area contributed by atoms with Gasteiger partial charge in [-0.05, 0) is 61.2 Å².